The summed E-state index contributed by atoms with van der Waals surface area (Å²) >= 11 is 0. The first-order valence-electron chi connectivity index (χ1n) is 10.3. The van der Waals surface area contributed by atoms with E-state index in [1.165, 1.54) is 26.4 Å². The number of fused-ring (bicyclic) bond motifs is 1. The molecule has 1 aliphatic heterocycles. The van der Waals surface area contributed by atoms with Crippen molar-refractivity contribution in [3.05, 3.63) is 46.6 Å². The van der Waals surface area contributed by atoms with E-state index in [0.29, 0.717) is 0 Å². The van der Waals surface area contributed by atoms with Crippen molar-refractivity contribution < 1.29 is 48.9 Å². The number of aromatic hydroxyl groups is 1. The fourth-order valence-electron chi connectivity index (χ4n) is 3.81. The monoisotopic (exact) mass is 476 g/mol. The second-order valence-corrected chi connectivity index (χ2v) is 7.62. The molecule has 2 aromatic carbocycles. The van der Waals surface area contributed by atoms with Gasteiger partial charge in [-0.3, -0.25) is 4.79 Å². The van der Waals surface area contributed by atoms with E-state index in [4.69, 9.17) is 23.4 Å². The number of ether oxygens (including phenoxy) is 4. The Hall–Kier alpha value is -3.35. The number of rotatable bonds is 6. The Labute approximate surface area is 192 Å². The zero-order valence-electron chi connectivity index (χ0n) is 18.2. The molecule has 11 heteroatoms. The van der Waals surface area contributed by atoms with Crippen LogP contribution in [-0.4, -0.2) is 77.1 Å². The number of para-hydroxylation sites is 1. The number of aliphatic hydroxyl groups excluding tert-OH is 4. The normalized spacial score (nSPS) is 24.7. The molecule has 0 bridgehead atoms. The maximum Gasteiger partial charge on any atom is 0.229 e. The third-order valence-corrected chi connectivity index (χ3v) is 5.57. The van der Waals surface area contributed by atoms with Gasteiger partial charge in [0.1, 0.15) is 47.1 Å². The first kappa shape index (κ1) is 23.8. The van der Waals surface area contributed by atoms with Gasteiger partial charge >= 0.3 is 0 Å². The van der Waals surface area contributed by atoms with E-state index in [9.17, 15) is 30.3 Å². The van der Waals surface area contributed by atoms with Crippen LogP contribution >= 0.6 is 0 Å². The number of methoxy groups -OCH3 is 2. The van der Waals surface area contributed by atoms with Gasteiger partial charge in [0.2, 0.25) is 12.0 Å². The lowest BCUT2D eigenvalue weighted by Crippen LogP contribution is -2.60. The van der Waals surface area contributed by atoms with Crippen molar-refractivity contribution in [1.29, 1.82) is 0 Å². The van der Waals surface area contributed by atoms with Gasteiger partial charge in [0.05, 0.1) is 26.4 Å². The zero-order valence-corrected chi connectivity index (χ0v) is 18.2. The van der Waals surface area contributed by atoms with Gasteiger partial charge in [-0.25, -0.2) is 0 Å². The van der Waals surface area contributed by atoms with Crippen molar-refractivity contribution in [2.24, 2.45) is 0 Å². The van der Waals surface area contributed by atoms with Gasteiger partial charge in [0.25, 0.3) is 0 Å². The first-order valence-corrected chi connectivity index (χ1v) is 10.3. The van der Waals surface area contributed by atoms with E-state index in [1.807, 2.05) is 0 Å². The standard InChI is InChI=1S/C23H24O11/c1-30-15-8-12(26)17-11(25)7-14(32-22(17)21(15)31-2)10-5-3-4-6-13(10)33-23-20(29)19(28)18(27)16(9-24)34-23/h3-8,16,18-20,23-24,26-29H,9H2,1-2H3/t16-,18-,19+,20-,23-/m1/s1. The summed E-state index contributed by atoms with van der Waals surface area (Å²) in [5.41, 5.74) is -0.329. The van der Waals surface area contributed by atoms with Crippen LogP contribution in [0.1, 0.15) is 0 Å². The summed E-state index contributed by atoms with van der Waals surface area (Å²) in [6.45, 7) is -0.614. The Morgan fingerprint density at radius 3 is 2.38 bits per heavy atom. The molecule has 2 heterocycles. The van der Waals surface area contributed by atoms with Crippen LogP contribution in [0.3, 0.4) is 0 Å². The quantitative estimate of drug-likeness (QED) is 0.333. The molecule has 4 rings (SSSR count). The summed E-state index contributed by atoms with van der Waals surface area (Å²) in [5.74, 6) is 0.0584. The van der Waals surface area contributed by atoms with Crippen molar-refractivity contribution in [3.8, 4) is 34.3 Å². The minimum Gasteiger partial charge on any atom is -0.507 e. The average Bonchev–Trinajstić information content (AvgIpc) is 2.84. The van der Waals surface area contributed by atoms with E-state index >= 15 is 0 Å². The van der Waals surface area contributed by atoms with Crippen LogP contribution in [0, 0.1) is 0 Å². The number of phenolic OH excluding ortho intramolecular Hbond substituents is 1. The average molecular weight is 476 g/mol. The lowest BCUT2D eigenvalue weighted by atomic mass is 9.99. The highest BCUT2D eigenvalue weighted by atomic mass is 16.7. The summed E-state index contributed by atoms with van der Waals surface area (Å²) in [5, 5.41) is 49.9. The van der Waals surface area contributed by atoms with Gasteiger partial charge in [-0.05, 0) is 12.1 Å². The Balaban J connectivity index is 1.80. The number of hydrogen-bond acceptors (Lipinski definition) is 11. The zero-order chi connectivity index (χ0) is 24.6. The number of phenols is 1. The maximum atomic E-state index is 12.9. The van der Waals surface area contributed by atoms with E-state index < -0.39 is 42.7 Å². The highest BCUT2D eigenvalue weighted by molar-refractivity contribution is 5.92. The van der Waals surface area contributed by atoms with Gasteiger partial charge in [-0.2, -0.15) is 0 Å². The molecular formula is C23H24O11. The molecule has 182 valence electrons. The molecule has 34 heavy (non-hydrogen) atoms. The van der Waals surface area contributed by atoms with Crippen molar-refractivity contribution in [1.82, 2.24) is 0 Å². The maximum absolute atomic E-state index is 12.9. The number of hydrogen-bond donors (Lipinski definition) is 5. The minimum atomic E-state index is -1.63. The van der Waals surface area contributed by atoms with Crippen molar-refractivity contribution in [2.75, 3.05) is 20.8 Å². The molecule has 5 atom stereocenters. The highest BCUT2D eigenvalue weighted by Crippen LogP contribution is 2.42. The van der Waals surface area contributed by atoms with E-state index in [1.54, 1.807) is 18.2 Å². The molecule has 0 unspecified atom stereocenters. The van der Waals surface area contributed by atoms with Crippen LogP contribution in [0.4, 0.5) is 0 Å². The smallest absolute Gasteiger partial charge is 0.229 e. The predicted octanol–water partition coefficient (Wildman–Crippen LogP) is 0.361. The van der Waals surface area contributed by atoms with Crippen LogP contribution in [-0.2, 0) is 4.74 Å². The summed E-state index contributed by atoms with van der Waals surface area (Å²) in [4.78, 5) is 12.9. The third kappa shape index (κ3) is 4.04. The van der Waals surface area contributed by atoms with Gasteiger partial charge in [-0.15, -0.1) is 0 Å². The number of aliphatic hydroxyl groups is 4. The lowest BCUT2D eigenvalue weighted by molar-refractivity contribution is -0.277. The molecule has 0 radical (unpaired) electrons. The van der Waals surface area contributed by atoms with Gasteiger partial charge in [0.15, 0.2) is 16.8 Å². The Bertz CT molecular complexity index is 1240. The summed E-state index contributed by atoms with van der Waals surface area (Å²) < 4.78 is 27.6. The summed E-state index contributed by atoms with van der Waals surface area (Å²) in [6.07, 6.45) is -7.39. The highest BCUT2D eigenvalue weighted by Gasteiger charge is 2.45. The molecule has 3 aromatic rings. The Morgan fingerprint density at radius 2 is 1.71 bits per heavy atom. The topological polar surface area (TPSA) is 168 Å². The van der Waals surface area contributed by atoms with Crippen LogP contribution in [0.25, 0.3) is 22.3 Å². The van der Waals surface area contributed by atoms with Crippen LogP contribution in [0.15, 0.2) is 45.6 Å². The van der Waals surface area contributed by atoms with Gasteiger partial charge in [-0.1, -0.05) is 12.1 Å². The van der Waals surface area contributed by atoms with Crippen LogP contribution in [0.2, 0.25) is 0 Å². The minimum absolute atomic E-state index is 0.0450. The van der Waals surface area contributed by atoms with Crippen LogP contribution < -0.4 is 19.6 Å². The van der Waals surface area contributed by atoms with E-state index in [2.05, 4.69) is 0 Å². The molecule has 0 saturated carbocycles. The molecule has 1 aromatic heterocycles. The molecule has 1 aliphatic rings. The number of benzene rings is 2. The second kappa shape index (κ2) is 9.49. The van der Waals surface area contributed by atoms with Gasteiger partial charge in [0, 0.05) is 12.1 Å². The molecule has 0 aliphatic carbocycles. The van der Waals surface area contributed by atoms with E-state index in [-0.39, 0.29) is 45.3 Å². The second-order valence-electron chi connectivity index (χ2n) is 7.62. The molecule has 11 nitrogen and oxygen atoms in total. The third-order valence-electron chi connectivity index (χ3n) is 5.57. The Kier molecular flexibility index (Phi) is 6.64. The molecule has 0 spiro atoms. The summed E-state index contributed by atoms with van der Waals surface area (Å²) in [6, 6.07) is 8.77. The van der Waals surface area contributed by atoms with Crippen molar-refractivity contribution in [2.45, 2.75) is 30.7 Å². The fourth-order valence-corrected chi connectivity index (χ4v) is 3.81. The summed E-state index contributed by atoms with van der Waals surface area (Å²) in [7, 11) is 2.73. The van der Waals surface area contributed by atoms with Crippen molar-refractivity contribution >= 4 is 11.0 Å². The van der Waals surface area contributed by atoms with E-state index in [0.717, 1.165) is 6.07 Å². The molecule has 0 amide bonds. The lowest BCUT2D eigenvalue weighted by Gasteiger charge is -2.39. The van der Waals surface area contributed by atoms with Crippen LogP contribution in [0.5, 0.6) is 23.0 Å². The SMILES string of the molecule is COc1cc(O)c2c(=O)cc(-c3ccccc3O[C@@H]3O[C@H](CO)[C@@H](O)[C@H](O)[C@H]3O)oc2c1OC. The molecule has 1 fully saturated rings. The first-order chi connectivity index (χ1) is 16.3. The largest absolute Gasteiger partial charge is 0.507 e. The van der Waals surface area contributed by atoms with Crippen molar-refractivity contribution in [3.63, 3.8) is 0 Å². The fraction of sp³-hybridized carbons (Fsp3) is 0.348. The molecule has 5 N–H and O–H groups in total. The molecule has 1 saturated heterocycles. The molecular weight excluding hydrogens is 452 g/mol. The Morgan fingerprint density at radius 1 is 0.971 bits per heavy atom. The van der Waals surface area contributed by atoms with Gasteiger partial charge < -0.3 is 48.9 Å². The predicted molar refractivity (Wildman–Crippen MR) is 117 cm³/mol.